The molecule has 4 nitrogen and oxygen atoms in total. The van der Waals surface area contributed by atoms with E-state index in [4.69, 9.17) is 0 Å². The van der Waals surface area contributed by atoms with Gasteiger partial charge < -0.3 is 10.3 Å². The average Bonchev–Trinajstić information content (AvgIpc) is 3.54. The molecule has 1 aromatic carbocycles. The van der Waals surface area contributed by atoms with Gasteiger partial charge in [-0.1, -0.05) is 24.3 Å². The molecular formula is C23H19N3OS3. The zero-order valence-corrected chi connectivity index (χ0v) is 18.4. The number of hydrogen-bond donors (Lipinski definition) is 2. The normalized spacial score (nSPS) is 12.3. The zero-order valence-electron chi connectivity index (χ0n) is 16.0. The first kappa shape index (κ1) is 19.2. The van der Waals surface area contributed by atoms with Crippen LogP contribution < -0.4 is 5.32 Å². The summed E-state index contributed by atoms with van der Waals surface area (Å²) in [4.78, 5) is 21.9. The first-order valence-corrected chi connectivity index (χ1v) is 12.3. The molecule has 150 valence electrons. The number of thiophene rings is 2. The Morgan fingerprint density at radius 2 is 2.00 bits per heavy atom. The van der Waals surface area contributed by atoms with Gasteiger partial charge in [0.25, 0.3) is 0 Å². The van der Waals surface area contributed by atoms with Crippen molar-refractivity contribution in [1.29, 1.82) is 0 Å². The summed E-state index contributed by atoms with van der Waals surface area (Å²) in [7, 11) is 0. The number of carbonyl (C=O) groups is 1. The number of hydrogen-bond acceptors (Lipinski definition) is 5. The zero-order chi connectivity index (χ0) is 20.3. The van der Waals surface area contributed by atoms with Crippen LogP contribution in [0.15, 0.2) is 70.2 Å². The van der Waals surface area contributed by atoms with E-state index in [0.717, 1.165) is 21.8 Å². The van der Waals surface area contributed by atoms with E-state index < -0.39 is 0 Å². The number of nitrogens with one attached hydrogen (secondary N) is 2. The molecule has 0 aliphatic rings. The summed E-state index contributed by atoms with van der Waals surface area (Å²) in [5.74, 6) is 0.112. The van der Waals surface area contributed by atoms with Gasteiger partial charge in [0.2, 0.25) is 5.91 Å². The van der Waals surface area contributed by atoms with Crippen LogP contribution >= 0.6 is 34.0 Å². The molecule has 30 heavy (non-hydrogen) atoms. The number of nitrogens with zero attached hydrogens (tertiary/aromatic N) is 1. The summed E-state index contributed by atoms with van der Waals surface area (Å²) in [6.45, 7) is 0.558. The number of carbonyl (C=O) groups excluding carboxylic acids is 1. The molecule has 7 heteroatoms. The molecule has 0 bridgehead atoms. The van der Waals surface area contributed by atoms with Crippen LogP contribution in [0.2, 0.25) is 0 Å². The van der Waals surface area contributed by atoms with Crippen LogP contribution in [-0.2, 0) is 11.2 Å². The fraction of sp³-hybridized carbons (Fsp3) is 0.130. The topological polar surface area (TPSA) is 57.8 Å². The van der Waals surface area contributed by atoms with Crippen LogP contribution in [0.5, 0.6) is 0 Å². The lowest BCUT2D eigenvalue weighted by atomic mass is 9.96. The van der Waals surface area contributed by atoms with E-state index in [9.17, 15) is 4.79 Å². The number of benzene rings is 1. The molecule has 4 heterocycles. The second-order valence-corrected chi connectivity index (χ2v) is 9.61. The lowest BCUT2D eigenvalue weighted by Crippen LogP contribution is -2.30. The first-order chi connectivity index (χ1) is 14.8. The van der Waals surface area contributed by atoms with Crippen LogP contribution in [-0.4, -0.2) is 22.4 Å². The lowest BCUT2D eigenvalue weighted by molar-refractivity contribution is -0.120. The van der Waals surface area contributed by atoms with Crippen LogP contribution in [0, 0.1) is 0 Å². The lowest BCUT2D eigenvalue weighted by Gasteiger charge is -2.16. The molecule has 4 aromatic heterocycles. The number of fused-ring (bicyclic) bond motifs is 1. The quantitative estimate of drug-likeness (QED) is 0.325. The molecule has 0 unspecified atom stereocenters. The van der Waals surface area contributed by atoms with Crippen molar-refractivity contribution >= 4 is 50.8 Å². The number of H-pyrrole nitrogens is 1. The number of amides is 1. The highest BCUT2D eigenvalue weighted by molar-refractivity contribution is 7.14. The molecule has 2 N–H and O–H groups in total. The van der Waals surface area contributed by atoms with Crippen molar-refractivity contribution in [2.24, 2.45) is 0 Å². The van der Waals surface area contributed by atoms with Crippen molar-refractivity contribution in [3.63, 3.8) is 0 Å². The van der Waals surface area contributed by atoms with Crippen LogP contribution in [0.3, 0.4) is 0 Å². The van der Waals surface area contributed by atoms with Gasteiger partial charge in [-0.15, -0.1) is 22.7 Å². The van der Waals surface area contributed by atoms with E-state index >= 15 is 0 Å². The van der Waals surface area contributed by atoms with E-state index in [2.05, 4.69) is 68.6 Å². The Labute approximate surface area is 186 Å². The predicted octanol–water partition coefficient (Wildman–Crippen LogP) is 5.91. The first-order valence-electron chi connectivity index (χ1n) is 9.61. The Kier molecular flexibility index (Phi) is 5.48. The van der Waals surface area contributed by atoms with Gasteiger partial charge >= 0.3 is 0 Å². The molecule has 5 rings (SSSR count). The van der Waals surface area contributed by atoms with Gasteiger partial charge in [0, 0.05) is 50.8 Å². The SMILES string of the molecule is O=C(Cc1csc(-c2ccsc2)n1)NC[C@H](c1cccs1)c1c[nH]c2ccccc12. The second-order valence-electron chi connectivity index (χ2n) is 6.99. The van der Waals surface area contributed by atoms with E-state index in [1.54, 1.807) is 34.0 Å². The Hall–Kier alpha value is -2.74. The minimum Gasteiger partial charge on any atom is -0.361 e. The van der Waals surface area contributed by atoms with Gasteiger partial charge in [0.15, 0.2) is 0 Å². The number of aromatic amines is 1. The van der Waals surface area contributed by atoms with E-state index in [-0.39, 0.29) is 11.8 Å². The molecule has 0 saturated carbocycles. The van der Waals surface area contributed by atoms with Crippen LogP contribution in [0.1, 0.15) is 22.1 Å². The van der Waals surface area contributed by atoms with Gasteiger partial charge in [-0.2, -0.15) is 11.3 Å². The molecule has 0 saturated heterocycles. The molecule has 0 spiro atoms. The van der Waals surface area contributed by atoms with Crippen molar-refractivity contribution in [3.05, 3.63) is 86.3 Å². The van der Waals surface area contributed by atoms with Crippen molar-refractivity contribution in [2.45, 2.75) is 12.3 Å². The third-order valence-electron chi connectivity index (χ3n) is 5.05. The monoisotopic (exact) mass is 449 g/mol. The summed E-state index contributed by atoms with van der Waals surface area (Å²) in [5, 5.41) is 13.5. The second kappa shape index (κ2) is 8.55. The number of aromatic nitrogens is 2. The van der Waals surface area contributed by atoms with Crippen LogP contribution in [0.25, 0.3) is 21.5 Å². The van der Waals surface area contributed by atoms with Crippen molar-refractivity contribution in [3.8, 4) is 10.6 Å². The highest BCUT2D eigenvalue weighted by Crippen LogP contribution is 2.33. The maximum Gasteiger partial charge on any atom is 0.226 e. The Balaban J connectivity index is 1.31. The van der Waals surface area contributed by atoms with Gasteiger partial charge in [-0.3, -0.25) is 4.79 Å². The summed E-state index contributed by atoms with van der Waals surface area (Å²) < 4.78 is 0. The van der Waals surface area contributed by atoms with Crippen LogP contribution in [0.4, 0.5) is 0 Å². The number of thiazole rings is 1. The Bertz CT molecular complexity index is 1250. The summed E-state index contributed by atoms with van der Waals surface area (Å²) >= 11 is 4.96. The van der Waals surface area contributed by atoms with E-state index in [1.165, 1.54) is 15.8 Å². The average molecular weight is 450 g/mol. The predicted molar refractivity (Wildman–Crippen MR) is 127 cm³/mol. The molecule has 0 radical (unpaired) electrons. The van der Waals surface area contributed by atoms with E-state index in [1.807, 2.05) is 16.8 Å². The third-order valence-corrected chi connectivity index (χ3v) is 7.66. The minimum atomic E-state index is -0.00133. The summed E-state index contributed by atoms with van der Waals surface area (Å²) in [5.41, 5.74) is 4.26. The van der Waals surface area contributed by atoms with Gasteiger partial charge in [-0.25, -0.2) is 4.98 Å². The Morgan fingerprint density at radius 3 is 2.83 bits per heavy atom. The summed E-state index contributed by atoms with van der Waals surface area (Å²) in [6.07, 6.45) is 2.36. The molecule has 1 amide bonds. The summed E-state index contributed by atoms with van der Waals surface area (Å²) in [6, 6.07) is 14.5. The molecule has 5 aromatic rings. The Morgan fingerprint density at radius 1 is 1.07 bits per heavy atom. The highest BCUT2D eigenvalue weighted by Gasteiger charge is 2.20. The minimum absolute atomic E-state index is 0.00133. The number of para-hydroxylation sites is 1. The fourth-order valence-electron chi connectivity index (χ4n) is 3.59. The molecule has 0 aliphatic carbocycles. The molecule has 1 atom stereocenters. The number of rotatable bonds is 7. The molecule has 0 fully saturated rings. The highest BCUT2D eigenvalue weighted by atomic mass is 32.1. The maximum atomic E-state index is 12.7. The van der Waals surface area contributed by atoms with Crippen molar-refractivity contribution in [2.75, 3.05) is 6.54 Å². The smallest absolute Gasteiger partial charge is 0.226 e. The van der Waals surface area contributed by atoms with Crippen molar-refractivity contribution < 1.29 is 4.79 Å². The van der Waals surface area contributed by atoms with E-state index in [0.29, 0.717) is 13.0 Å². The third kappa shape index (κ3) is 3.96. The van der Waals surface area contributed by atoms with Gasteiger partial charge in [-0.05, 0) is 34.5 Å². The largest absolute Gasteiger partial charge is 0.361 e. The maximum absolute atomic E-state index is 12.7. The van der Waals surface area contributed by atoms with Gasteiger partial charge in [0.1, 0.15) is 5.01 Å². The molecular weight excluding hydrogens is 430 g/mol. The fourth-order valence-corrected chi connectivity index (χ4v) is 5.96. The molecule has 0 aliphatic heterocycles. The van der Waals surface area contributed by atoms with Crippen molar-refractivity contribution in [1.82, 2.24) is 15.3 Å². The van der Waals surface area contributed by atoms with Gasteiger partial charge in [0.05, 0.1) is 12.1 Å². The standard InChI is InChI=1S/C23H19N3OS3/c27-22(10-16-14-30-23(26-16)15-7-9-28-13-15)25-12-19(21-6-3-8-29-21)18-11-24-20-5-2-1-4-17(18)20/h1-9,11,13-14,19,24H,10,12H2,(H,25,27)/t19-/m0/s1.